The number of anilines is 2. The number of allylic oxidation sites excluding steroid dienone is 1. The molecule has 276 valence electrons. The quantitative estimate of drug-likeness (QED) is 0.154. The Morgan fingerprint density at radius 1 is 0.527 bits per heavy atom. The highest BCUT2D eigenvalue weighted by Gasteiger charge is 2.54. The summed E-state index contributed by atoms with van der Waals surface area (Å²) < 4.78 is 2.76. The van der Waals surface area contributed by atoms with Crippen molar-refractivity contribution in [2.24, 2.45) is 0 Å². The number of aromatic nitrogens is 1. The number of fused-ring (bicyclic) bond motifs is 10. The third-order valence-electron chi connectivity index (χ3n) is 15.5. The summed E-state index contributed by atoms with van der Waals surface area (Å²) in [6.45, 7) is 27.2. The van der Waals surface area contributed by atoms with E-state index in [1.807, 2.05) is 0 Å². The number of aryl methyl sites for hydroxylation is 1. The van der Waals surface area contributed by atoms with Crippen molar-refractivity contribution in [1.82, 2.24) is 4.48 Å². The van der Waals surface area contributed by atoms with Crippen molar-refractivity contribution in [3.63, 3.8) is 0 Å². The molecule has 5 aliphatic rings. The van der Waals surface area contributed by atoms with Gasteiger partial charge in [0.2, 0.25) is 0 Å². The van der Waals surface area contributed by atoms with Crippen molar-refractivity contribution in [2.45, 2.75) is 129 Å². The summed E-state index contributed by atoms with van der Waals surface area (Å²) in [6.07, 6.45) is 4.84. The topological polar surface area (TPSA) is 8.17 Å². The van der Waals surface area contributed by atoms with E-state index in [2.05, 4.69) is 170 Å². The summed E-state index contributed by atoms with van der Waals surface area (Å²) in [4.78, 5) is 2.74. The molecule has 55 heavy (non-hydrogen) atoms. The number of hydrogen-bond acceptors (Lipinski definition) is 1. The molecule has 3 aliphatic carbocycles. The third-order valence-corrected chi connectivity index (χ3v) is 15.5. The molecular weight excluding hydrogens is 663 g/mol. The average molecular weight is 719 g/mol. The lowest BCUT2D eigenvalue weighted by atomic mass is 9.40. The zero-order valence-corrected chi connectivity index (χ0v) is 34.9. The highest BCUT2D eigenvalue weighted by molar-refractivity contribution is 6.85. The highest BCUT2D eigenvalue weighted by atomic mass is 15.2. The van der Waals surface area contributed by atoms with Crippen molar-refractivity contribution in [1.29, 1.82) is 0 Å². The van der Waals surface area contributed by atoms with Gasteiger partial charge >= 0.3 is 6.85 Å². The van der Waals surface area contributed by atoms with Gasteiger partial charge in [-0.15, -0.1) is 0 Å². The molecule has 2 aliphatic heterocycles. The standard InChI is InChI=1S/C52H55BN2/c1-30-25-35-34-17-14-16-33-32-15-12-13-18-42(32)55(45(33)34)53-44(35)43(26-30)54(31-19-20-37-39(27-31)49(4,5)22-21-48(37,2)3)46-36-28-40-41(29-38(36)52(10,11)47(46)53)51(8,9)24-23-50(40,6)7/h12-20,25-29H,21-24H2,1-11H3. The van der Waals surface area contributed by atoms with Crippen LogP contribution in [0.5, 0.6) is 0 Å². The third kappa shape index (κ3) is 4.18. The monoisotopic (exact) mass is 718 g/mol. The molecule has 0 bridgehead atoms. The van der Waals surface area contributed by atoms with Gasteiger partial charge in [-0.3, -0.25) is 0 Å². The molecule has 2 nitrogen and oxygen atoms in total. The Morgan fingerprint density at radius 2 is 1.15 bits per heavy atom. The van der Waals surface area contributed by atoms with Crippen LogP contribution in [-0.2, 0) is 27.1 Å². The Labute approximate surface area is 328 Å². The van der Waals surface area contributed by atoms with Crippen LogP contribution in [0.4, 0.5) is 11.4 Å². The zero-order valence-electron chi connectivity index (χ0n) is 34.9. The molecule has 3 heterocycles. The maximum atomic E-state index is 2.76. The van der Waals surface area contributed by atoms with Gasteiger partial charge in [-0.05, 0) is 134 Å². The minimum absolute atomic E-state index is 0.0719. The van der Waals surface area contributed by atoms with E-state index in [1.165, 1.54) is 114 Å². The molecule has 6 aromatic rings. The molecule has 0 radical (unpaired) electrons. The largest absolute Gasteiger partial charge is 0.376 e. The lowest BCUT2D eigenvalue weighted by Crippen LogP contribution is -2.52. The van der Waals surface area contributed by atoms with Gasteiger partial charge in [0.25, 0.3) is 0 Å². The van der Waals surface area contributed by atoms with E-state index in [4.69, 9.17) is 0 Å². The van der Waals surface area contributed by atoms with Gasteiger partial charge < -0.3 is 9.38 Å². The van der Waals surface area contributed by atoms with Gasteiger partial charge in [0.05, 0.1) is 0 Å². The molecule has 1 aromatic heterocycles. The summed E-state index contributed by atoms with van der Waals surface area (Å²) in [5.41, 5.74) is 23.2. The van der Waals surface area contributed by atoms with Crippen molar-refractivity contribution in [3.05, 3.63) is 129 Å². The molecular formula is C52H55BN2. The molecule has 5 aromatic carbocycles. The van der Waals surface area contributed by atoms with Gasteiger partial charge in [-0.25, -0.2) is 0 Å². The molecule has 0 N–H and O–H groups in total. The van der Waals surface area contributed by atoms with Crippen molar-refractivity contribution in [3.8, 4) is 11.1 Å². The fraction of sp³-hybridized carbons (Fsp3) is 0.385. The fourth-order valence-corrected chi connectivity index (χ4v) is 12.1. The second kappa shape index (κ2) is 10.3. The van der Waals surface area contributed by atoms with Crippen molar-refractivity contribution < 1.29 is 0 Å². The second-order valence-corrected chi connectivity index (χ2v) is 21.2. The van der Waals surface area contributed by atoms with E-state index < -0.39 is 0 Å². The Morgan fingerprint density at radius 3 is 1.85 bits per heavy atom. The lowest BCUT2D eigenvalue weighted by molar-refractivity contribution is 0.331. The van der Waals surface area contributed by atoms with E-state index >= 15 is 0 Å². The second-order valence-electron chi connectivity index (χ2n) is 21.2. The number of benzene rings is 5. The van der Waals surface area contributed by atoms with Gasteiger partial charge in [0.15, 0.2) is 0 Å². The molecule has 0 amide bonds. The Hall–Kier alpha value is -4.50. The van der Waals surface area contributed by atoms with Crippen LogP contribution in [0.2, 0.25) is 0 Å². The number of nitrogens with zero attached hydrogens (tertiary/aromatic N) is 2. The summed E-state index contributed by atoms with van der Waals surface area (Å²) in [7, 11) is 0. The molecule has 11 rings (SSSR count). The summed E-state index contributed by atoms with van der Waals surface area (Å²) in [6, 6.07) is 34.1. The van der Waals surface area contributed by atoms with E-state index in [-0.39, 0.29) is 33.9 Å². The minimum atomic E-state index is -0.209. The zero-order chi connectivity index (χ0) is 38.4. The fourth-order valence-electron chi connectivity index (χ4n) is 12.1. The minimum Gasteiger partial charge on any atom is -0.376 e. The van der Waals surface area contributed by atoms with Crippen molar-refractivity contribution in [2.75, 3.05) is 4.90 Å². The molecule has 0 saturated carbocycles. The van der Waals surface area contributed by atoms with E-state index in [9.17, 15) is 0 Å². The van der Waals surface area contributed by atoms with Crippen LogP contribution in [0.15, 0.2) is 90.4 Å². The Balaban J connectivity index is 1.30. The maximum absolute atomic E-state index is 2.76. The molecule has 0 saturated heterocycles. The molecule has 0 spiro atoms. The predicted octanol–water partition coefficient (Wildman–Crippen LogP) is 12.9. The van der Waals surface area contributed by atoms with Gasteiger partial charge in [-0.2, -0.15) is 0 Å². The predicted molar refractivity (Wildman–Crippen MR) is 236 cm³/mol. The summed E-state index contributed by atoms with van der Waals surface area (Å²) >= 11 is 0. The van der Waals surface area contributed by atoms with E-state index in [0.29, 0.717) is 0 Å². The van der Waals surface area contributed by atoms with Crippen LogP contribution in [0, 0.1) is 6.92 Å². The summed E-state index contributed by atoms with van der Waals surface area (Å²) in [5, 5.41) is 2.71. The average Bonchev–Trinajstić information content (AvgIpc) is 3.59. The first-order chi connectivity index (χ1) is 25.9. The van der Waals surface area contributed by atoms with Gasteiger partial charge in [0.1, 0.15) is 0 Å². The Kier molecular flexibility index (Phi) is 6.31. The maximum Gasteiger partial charge on any atom is 0.329 e. The van der Waals surface area contributed by atoms with E-state index in [1.54, 1.807) is 11.1 Å². The van der Waals surface area contributed by atoms with E-state index in [0.717, 1.165) is 0 Å². The molecule has 0 atom stereocenters. The first-order valence-corrected chi connectivity index (χ1v) is 21.0. The van der Waals surface area contributed by atoms with Crippen LogP contribution >= 0.6 is 0 Å². The molecule has 3 heteroatoms. The highest BCUT2D eigenvalue weighted by Crippen LogP contribution is 2.59. The number of rotatable bonds is 1. The summed E-state index contributed by atoms with van der Waals surface area (Å²) in [5.74, 6) is 0. The molecule has 0 fully saturated rings. The first kappa shape index (κ1) is 33.8. The van der Waals surface area contributed by atoms with Crippen molar-refractivity contribution >= 4 is 51.2 Å². The smallest absolute Gasteiger partial charge is 0.329 e. The molecule has 0 unspecified atom stereocenters. The number of hydrogen-bond donors (Lipinski definition) is 0. The van der Waals surface area contributed by atoms with Crippen LogP contribution in [0.1, 0.15) is 134 Å². The van der Waals surface area contributed by atoms with Gasteiger partial charge in [-0.1, -0.05) is 124 Å². The van der Waals surface area contributed by atoms with Gasteiger partial charge in [0, 0.05) is 55.4 Å². The number of para-hydroxylation sites is 2. The van der Waals surface area contributed by atoms with Crippen LogP contribution in [0.25, 0.3) is 38.6 Å². The normalized spacial score (nSPS) is 21.3. The van der Waals surface area contributed by atoms with Crippen LogP contribution in [-0.4, -0.2) is 11.3 Å². The Bertz CT molecular complexity index is 2760. The van der Waals surface area contributed by atoms with Crippen LogP contribution in [0.3, 0.4) is 0 Å². The van der Waals surface area contributed by atoms with Crippen LogP contribution < -0.4 is 10.4 Å². The lowest BCUT2D eigenvalue weighted by Gasteiger charge is -2.45. The first-order valence-electron chi connectivity index (χ1n) is 21.0. The SMILES string of the molecule is Cc1cc2c3c(c1)N(c1ccc4c(c1)C(C)(C)CCC4(C)C)C1=C(B3n3c4ccccc4c4cccc-2c43)C(C)(C)c2cc3c(cc21)C(C)(C)CCC3(C)C.